The van der Waals surface area contributed by atoms with Crippen molar-refractivity contribution in [1.82, 2.24) is 24.4 Å². The summed E-state index contributed by atoms with van der Waals surface area (Å²) in [4.78, 5) is 46.9. The third-order valence-corrected chi connectivity index (χ3v) is 6.40. The number of rotatable bonds is 4. The van der Waals surface area contributed by atoms with Gasteiger partial charge >= 0.3 is 0 Å². The Morgan fingerprint density at radius 3 is 2.62 bits per heavy atom. The number of nitrogens with zero attached hydrogens (tertiary/aromatic N) is 4. The highest BCUT2D eigenvalue weighted by Gasteiger charge is 2.36. The van der Waals surface area contributed by atoms with Crippen molar-refractivity contribution in [3.63, 3.8) is 0 Å². The van der Waals surface area contributed by atoms with Gasteiger partial charge in [0.25, 0.3) is 5.56 Å². The predicted octanol–water partition coefficient (Wildman–Crippen LogP) is 1.83. The first-order valence-electron chi connectivity index (χ1n) is 11.4. The molecule has 0 aliphatic carbocycles. The predicted molar refractivity (Wildman–Crippen MR) is 119 cm³/mol. The summed E-state index contributed by atoms with van der Waals surface area (Å²) in [7, 11) is 0. The van der Waals surface area contributed by atoms with Crippen molar-refractivity contribution in [3.8, 4) is 0 Å². The summed E-state index contributed by atoms with van der Waals surface area (Å²) in [5.41, 5.74) is 1.92. The number of aromatic amines is 1. The van der Waals surface area contributed by atoms with Crippen LogP contribution in [0.3, 0.4) is 0 Å². The van der Waals surface area contributed by atoms with E-state index in [4.69, 9.17) is 4.74 Å². The summed E-state index contributed by atoms with van der Waals surface area (Å²) in [6.07, 6.45) is 2.40. The molecule has 4 heterocycles. The van der Waals surface area contributed by atoms with E-state index in [9.17, 15) is 14.4 Å². The fourth-order valence-electron chi connectivity index (χ4n) is 4.61. The van der Waals surface area contributed by atoms with Crippen molar-refractivity contribution in [2.45, 2.75) is 59.4 Å². The monoisotopic (exact) mass is 443 g/mol. The topological polar surface area (TPSA) is 100 Å². The molecule has 2 aromatic heterocycles. The lowest BCUT2D eigenvalue weighted by molar-refractivity contribution is -0.140. The van der Waals surface area contributed by atoms with Gasteiger partial charge in [0, 0.05) is 48.8 Å². The van der Waals surface area contributed by atoms with Gasteiger partial charge in [-0.25, -0.2) is 9.50 Å². The molecule has 0 aromatic carbocycles. The second-order valence-corrected chi connectivity index (χ2v) is 9.79. The van der Waals surface area contributed by atoms with Crippen molar-refractivity contribution in [2.24, 2.45) is 5.41 Å². The first kappa shape index (κ1) is 22.5. The fourth-order valence-corrected chi connectivity index (χ4v) is 4.61. The van der Waals surface area contributed by atoms with Crippen molar-refractivity contribution in [2.75, 3.05) is 32.8 Å². The quantitative estimate of drug-likeness (QED) is 0.777. The molecule has 1 N–H and O–H groups in total. The number of aryl methyl sites for hydroxylation is 1. The summed E-state index contributed by atoms with van der Waals surface area (Å²) in [5.74, 6) is 0.143. The minimum atomic E-state index is -0.458. The van der Waals surface area contributed by atoms with Crippen molar-refractivity contribution in [3.05, 3.63) is 33.4 Å². The second-order valence-electron chi connectivity index (χ2n) is 9.79. The molecule has 2 aliphatic heterocycles. The Morgan fingerprint density at radius 1 is 1.22 bits per heavy atom. The number of H-pyrrole nitrogens is 1. The zero-order valence-electron chi connectivity index (χ0n) is 19.4. The van der Waals surface area contributed by atoms with Gasteiger partial charge < -0.3 is 14.5 Å². The minimum Gasteiger partial charge on any atom is -0.378 e. The van der Waals surface area contributed by atoms with Gasteiger partial charge in [-0.2, -0.15) is 0 Å². The minimum absolute atomic E-state index is 0.0339. The number of likely N-dealkylation sites (tertiary alicyclic amines) is 1. The van der Waals surface area contributed by atoms with Crippen LogP contribution in [0, 0.1) is 12.3 Å². The Bertz CT molecular complexity index is 1070. The third kappa shape index (κ3) is 4.30. The van der Waals surface area contributed by atoms with Crippen LogP contribution in [0.1, 0.15) is 63.0 Å². The molecule has 174 valence electrons. The van der Waals surface area contributed by atoms with Crippen LogP contribution in [0.4, 0.5) is 0 Å². The van der Waals surface area contributed by atoms with E-state index in [0.29, 0.717) is 56.2 Å². The fraction of sp³-hybridized carbons (Fsp3) is 0.652. The number of carbonyl (C=O) groups is 2. The SMILES string of the molecule is Cc1nc2cc(C3CCCN3C(=O)C(C)(C)C)[nH]n2c(=O)c1CCC(=O)N1CCOCC1. The number of fused-ring (bicyclic) bond motifs is 1. The summed E-state index contributed by atoms with van der Waals surface area (Å²) in [5, 5.41) is 3.20. The van der Waals surface area contributed by atoms with Crippen LogP contribution in [0.15, 0.2) is 10.9 Å². The molecule has 32 heavy (non-hydrogen) atoms. The van der Waals surface area contributed by atoms with E-state index in [1.807, 2.05) is 38.7 Å². The number of morpholine rings is 1. The van der Waals surface area contributed by atoms with E-state index in [-0.39, 0.29) is 29.8 Å². The summed E-state index contributed by atoms with van der Waals surface area (Å²) in [6, 6.07) is 1.78. The summed E-state index contributed by atoms with van der Waals surface area (Å²) < 4.78 is 6.75. The third-order valence-electron chi connectivity index (χ3n) is 6.40. The van der Waals surface area contributed by atoms with Gasteiger partial charge in [-0.1, -0.05) is 20.8 Å². The molecular formula is C23H33N5O4. The normalized spacial score (nSPS) is 19.7. The number of amides is 2. The Labute approximate surface area is 187 Å². The van der Waals surface area contributed by atoms with Gasteiger partial charge in [-0.05, 0) is 26.2 Å². The molecular weight excluding hydrogens is 410 g/mol. The number of nitrogens with one attached hydrogen (secondary N) is 1. The molecule has 2 saturated heterocycles. The molecule has 0 radical (unpaired) electrons. The van der Waals surface area contributed by atoms with E-state index >= 15 is 0 Å². The van der Waals surface area contributed by atoms with Crippen molar-refractivity contribution in [1.29, 1.82) is 0 Å². The maximum Gasteiger partial charge on any atom is 0.276 e. The van der Waals surface area contributed by atoms with Crippen LogP contribution in [0.25, 0.3) is 5.65 Å². The molecule has 2 fully saturated rings. The van der Waals surface area contributed by atoms with E-state index in [0.717, 1.165) is 18.5 Å². The molecule has 0 saturated carbocycles. The van der Waals surface area contributed by atoms with Crippen LogP contribution in [-0.2, 0) is 20.7 Å². The van der Waals surface area contributed by atoms with E-state index in [1.54, 1.807) is 4.90 Å². The highest BCUT2D eigenvalue weighted by molar-refractivity contribution is 5.82. The molecule has 2 aliphatic rings. The number of hydrogen-bond acceptors (Lipinski definition) is 5. The van der Waals surface area contributed by atoms with Crippen molar-refractivity contribution >= 4 is 17.5 Å². The van der Waals surface area contributed by atoms with Crippen LogP contribution in [-0.4, -0.2) is 69.1 Å². The largest absolute Gasteiger partial charge is 0.378 e. The summed E-state index contributed by atoms with van der Waals surface area (Å²) >= 11 is 0. The highest BCUT2D eigenvalue weighted by Crippen LogP contribution is 2.34. The van der Waals surface area contributed by atoms with Crippen LogP contribution in [0.2, 0.25) is 0 Å². The molecule has 0 spiro atoms. The molecule has 9 nitrogen and oxygen atoms in total. The number of hydrogen-bond donors (Lipinski definition) is 1. The number of aromatic nitrogens is 3. The number of ether oxygens (including phenoxy) is 1. The molecule has 2 amide bonds. The first-order valence-corrected chi connectivity index (χ1v) is 11.4. The van der Waals surface area contributed by atoms with Crippen LogP contribution < -0.4 is 5.56 Å². The molecule has 4 rings (SSSR count). The van der Waals surface area contributed by atoms with Gasteiger partial charge in [0.2, 0.25) is 11.8 Å². The highest BCUT2D eigenvalue weighted by atomic mass is 16.5. The molecule has 1 atom stereocenters. The molecule has 1 unspecified atom stereocenters. The Balaban J connectivity index is 1.57. The van der Waals surface area contributed by atoms with Gasteiger partial charge in [-0.15, -0.1) is 0 Å². The second kappa shape index (κ2) is 8.69. The Kier molecular flexibility index (Phi) is 6.11. The average Bonchev–Trinajstić information content (AvgIpc) is 3.39. The molecule has 0 bridgehead atoms. The van der Waals surface area contributed by atoms with E-state index < -0.39 is 5.41 Å². The Morgan fingerprint density at radius 2 is 1.94 bits per heavy atom. The van der Waals surface area contributed by atoms with E-state index in [1.165, 1.54) is 4.52 Å². The lowest BCUT2D eigenvalue weighted by Gasteiger charge is -2.30. The van der Waals surface area contributed by atoms with Crippen LogP contribution in [0.5, 0.6) is 0 Å². The lowest BCUT2D eigenvalue weighted by Crippen LogP contribution is -2.41. The zero-order chi connectivity index (χ0) is 23.0. The standard InChI is InChI=1S/C23H33N5O4/c1-15-16(7-8-20(29)26-10-12-32-13-11-26)21(30)28-19(24-15)14-17(25-28)18-6-5-9-27(18)22(31)23(2,3)4/h14,18,25H,5-13H2,1-4H3. The number of carbonyl (C=O) groups excluding carboxylic acids is 2. The molecule has 9 heteroatoms. The smallest absolute Gasteiger partial charge is 0.276 e. The maximum absolute atomic E-state index is 13.2. The zero-order valence-corrected chi connectivity index (χ0v) is 19.4. The Hall–Kier alpha value is -2.68. The lowest BCUT2D eigenvalue weighted by atomic mass is 9.94. The summed E-state index contributed by atoms with van der Waals surface area (Å²) in [6.45, 7) is 10.6. The van der Waals surface area contributed by atoms with Gasteiger partial charge in [-0.3, -0.25) is 19.5 Å². The maximum atomic E-state index is 13.2. The van der Waals surface area contributed by atoms with Gasteiger partial charge in [0.15, 0.2) is 5.65 Å². The van der Waals surface area contributed by atoms with Crippen molar-refractivity contribution < 1.29 is 14.3 Å². The molecule has 2 aromatic rings. The van der Waals surface area contributed by atoms with Crippen LogP contribution >= 0.6 is 0 Å². The van der Waals surface area contributed by atoms with Gasteiger partial charge in [0.1, 0.15) is 0 Å². The van der Waals surface area contributed by atoms with E-state index in [2.05, 4.69) is 10.1 Å². The van der Waals surface area contributed by atoms with Gasteiger partial charge in [0.05, 0.1) is 24.9 Å². The average molecular weight is 444 g/mol. The first-order chi connectivity index (χ1) is 15.2.